The summed E-state index contributed by atoms with van der Waals surface area (Å²) in [5.41, 5.74) is 0.689. The van der Waals surface area contributed by atoms with Gasteiger partial charge in [0.05, 0.1) is 16.7 Å². The second kappa shape index (κ2) is 11.5. The number of esters is 3. The number of carbonyl (C=O) groups is 3. The molecule has 9 heteroatoms. The molecule has 1 aliphatic rings. The number of benzene rings is 3. The number of nitriles is 1. The average molecular weight is 501 g/mol. The van der Waals surface area contributed by atoms with E-state index in [4.69, 9.17) is 23.7 Å². The van der Waals surface area contributed by atoms with Gasteiger partial charge in [0.2, 0.25) is 12.2 Å². The van der Waals surface area contributed by atoms with E-state index in [-0.39, 0.29) is 11.1 Å². The molecule has 0 N–H and O–H groups in total. The summed E-state index contributed by atoms with van der Waals surface area (Å²) < 4.78 is 28.1. The summed E-state index contributed by atoms with van der Waals surface area (Å²) in [5, 5.41) is 9.86. The lowest BCUT2D eigenvalue weighted by atomic mass is 10.0. The minimum atomic E-state index is -2.14. The Bertz CT molecular complexity index is 1280. The first-order valence-electron chi connectivity index (χ1n) is 11.4. The number of ether oxygens (including phenoxy) is 5. The van der Waals surface area contributed by atoms with Crippen LogP contribution in [0.15, 0.2) is 91.0 Å². The molecule has 0 bridgehead atoms. The van der Waals surface area contributed by atoms with Gasteiger partial charge in [-0.2, -0.15) is 5.26 Å². The van der Waals surface area contributed by atoms with Crippen LogP contribution in [-0.2, 0) is 23.7 Å². The molecule has 188 valence electrons. The summed E-state index contributed by atoms with van der Waals surface area (Å²) in [6.07, 6.45) is -4.14. The molecule has 1 aliphatic heterocycles. The largest absolute Gasteiger partial charge is 0.459 e. The zero-order valence-electron chi connectivity index (χ0n) is 19.8. The van der Waals surface area contributed by atoms with Crippen molar-refractivity contribution in [1.29, 1.82) is 5.26 Å². The third kappa shape index (κ3) is 5.51. The van der Waals surface area contributed by atoms with Crippen molar-refractivity contribution in [2.24, 2.45) is 0 Å². The van der Waals surface area contributed by atoms with Crippen molar-refractivity contribution in [2.45, 2.75) is 24.1 Å². The quantitative estimate of drug-likeness (QED) is 0.259. The molecular formula is C28H23NO8. The molecule has 1 fully saturated rings. The predicted octanol–water partition coefficient (Wildman–Crippen LogP) is 3.56. The van der Waals surface area contributed by atoms with E-state index in [0.29, 0.717) is 5.56 Å². The molecule has 1 saturated heterocycles. The smallest absolute Gasteiger partial charge is 0.340 e. The SMILES string of the molecule is CO[C@@]1(OC(=O)c2ccccc2)[C@H](C#N)O[C@H](COC(=O)c2ccccc2)[C@@H]1OC(=O)c1ccccc1. The van der Waals surface area contributed by atoms with Gasteiger partial charge in [0.25, 0.3) is 5.79 Å². The maximum absolute atomic E-state index is 13.0. The Morgan fingerprint density at radius 2 is 1.30 bits per heavy atom. The van der Waals surface area contributed by atoms with E-state index in [1.54, 1.807) is 66.7 Å². The van der Waals surface area contributed by atoms with Gasteiger partial charge in [0.15, 0.2) is 0 Å². The molecule has 1 heterocycles. The second-order valence-electron chi connectivity index (χ2n) is 8.02. The molecule has 37 heavy (non-hydrogen) atoms. The highest BCUT2D eigenvalue weighted by atomic mass is 16.8. The first kappa shape index (κ1) is 25.6. The summed E-state index contributed by atoms with van der Waals surface area (Å²) in [6.45, 7) is -0.410. The first-order chi connectivity index (χ1) is 18.0. The van der Waals surface area contributed by atoms with Crippen molar-refractivity contribution in [1.82, 2.24) is 0 Å². The summed E-state index contributed by atoms with van der Waals surface area (Å²) in [5.74, 6) is -4.39. The van der Waals surface area contributed by atoms with Crippen LogP contribution in [0.1, 0.15) is 31.1 Å². The number of rotatable bonds is 8. The Morgan fingerprint density at radius 3 is 1.78 bits per heavy atom. The van der Waals surface area contributed by atoms with Gasteiger partial charge < -0.3 is 23.7 Å². The lowest BCUT2D eigenvalue weighted by Gasteiger charge is -2.34. The van der Waals surface area contributed by atoms with Crippen LogP contribution in [0.5, 0.6) is 0 Å². The normalized spacial score (nSPS) is 22.4. The van der Waals surface area contributed by atoms with E-state index in [1.165, 1.54) is 31.4 Å². The van der Waals surface area contributed by atoms with Crippen molar-refractivity contribution in [3.8, 4) is 6.07 Å². The van der Waals surface area contributed by atoms with Crippen molar-refractivity contribution < 1.29 is 38.1 Å². The summed E-state index contributed by atoms with van der Waals surface area (Å²) in [7, 11) is 1.20. The molecule has 0 radical (unpaired) electrons. The van der Waals surface area contributed by atoms with Crippen LogP contribution in [0.3, 0.4) is 0 Å². The van der Waals surface area contributed by atoms with Crippen molar-refractivity contribution in [3.63, 3.8) is 0 Å². The Hall–Kier alpha value is -4.52. The molecule has 0 spiro atoms. The highest BCUT2D eigenvalue weighted by Gasteiger charge is 2.64. The van der Waals surface area contributed by atoms with Crippen molar-refractivity contribution in [3.05, 3.63) is 108 Å². The molecule has 3 aromatic rings. The third-order valence-corrected chi connectivity index (χ3v) is 5.74. The van der Waals surface area contributed by atoms with Gasteiger partial charge in [-0.1, -0.05) is 54.6 Å². The minimum Gasteiger partial charge on any atom is -0.459 e. The molecule has 0 amide bonds. The zero-order valence-corrected chi connectivity index (χ0v) is 19.8. The Morgan fingerprint density at radius 1 is 0.811 bits per heavy atom. The van der Waals surface area contributed by atoms with E-state index in [0.717, 1.165) is 0 Å². The fourth-order valence-corrected chi connectivity index (χ4v) is 3.88. The maximum atomic E-state index is 13.0. The molecule has 0 unspecified atom stereocenters. The standard InChI is InChI=1S/C28H23NO8/c1-33-28(37-27(32)21-15-9-4-10-16-21)23(17-29)35-22(18-34-25(30)19-11-5-2-6-12-19)24(28)36-26(31)20-13-7-3-8-14-20/h2-16,22-24H,18H2,1H3/t22-,23+,24+,28-/m1/s1. The topological polar surface area (TPSA) is 121 Å². The molecule has 0 aromatic heterocycles. The maximum Gasteiger partial charge on any atom is 0.340 e. The van der Waals surface area contributed by atoms with Crippen molar-refractivity contribution in [2.75, 3.05) is 13.7 Å². The van der Waals surface area contributed by atoms with Gasteiger partial charge >= 0.3 is 17.9 Å². The van der Waals surface area contributed by atoms with Crippen LogP contribution in [-0.4, -0.2) is 55.7 Å². The van der Waals surface area contributed by atoms with Gasteiger partial charge in [0, 0.05) is 7.11 Å². The number of hydrogen-bond donors (Lipinski definition) is 0. The lowest BCUT2D eigenvalue weighted by Crippen LogP contribution is -2.55. The van der Waals surface area contributed by atoms with Crippen LogP contribution in [0, 0.1) is 11.3 Å². The van der Waals surface area contributed by atoms with E-state index < -0.39 is 48.6 Å². The molecule has 9 nitrogen and oxygen atoms in total. The molecule has 0 saturated carbocycles. The molecule has 3 aromatic carbocycles. The van der Waals surface area contributed by atoms with Crippen molar-refractivity contribution >= 4 is 17.9 Å². The van der Waals surface area contributed by atoms with Gasteiger partial charge in [-0.15, -0.1) is 0 Å². The van der Waals surface area contributed by atoms with Gasteiger partial charge in [0.1, 0.15) is 18.8 Å². The number of carbonyl (C=O) groups excluding carboxylic acids is 3. The van der Waals surface area contributed by atoms with Crippen LogP contribution < -0.4 is 0 Å². The first-order valence-corrected chi connectivity index (χ1v) is 11.4. The summed E-state index contributed by atoms with van der Waals surface area (Å²) >= 11 is 0. The zero-order chi connectivity index (χ0) is 26.3. The molecular weight excluding hydrogens is 478 g/mol. The Labute approximate surface area is 213 Å². The highest BCUT2D eigenvalue weighted by molar-refractivity contribution is 5.91. The van der Waals surface area contributed by atoms with Gasteiger partial charge in [-0.05, 0) is 36.4 Å². The van der Waals surface area contributed by atoms with Crippen LogP contribution >= 0.6 is 0 Å². The Balaban J connectivity index is 1.64. The Kier molecular flexibility index (Phi) is 7.93. The fraction of sp³-hybridized carbons (Fsp3) is 0.214. The van der Waals surface area contributed by atoms with Gasteiger partial charge in [-0.3, -0.25) is 0 Å². The lowest BCUT2D eigenvalue weighted by molar-refractivity contribution is -0.236. The molecule has 4 atom stereocenters. The average Bonchev–Trinajstić information content (AvgIpc) is 3.24. The van der Waals surface area contributed by atoms with E-state index in [1.807, 2.05) is 6.07 Å². The predicted molar refractivity (Wildman–Crippen MR) is 128 cm³/mol. The van der Waals surface area contributed by atoms with Crippen LogP contribution in [0.2, 0.25) is 0 Å². The third-order valence-electron chi connectivity index (χ3n) is 5.74. The van der Waals surface area contributed by atoms with Gasteiger partial charge in [-0.25, -0.2) is 14.4 Å². The number of nitrogens with zero attached hydrogens (tertiary/aromatic N) is 1. The van der Waals surface area contributed by atoms with Crippen LogP contribution in [0.4, 0.5) is 0 Å². The fourth-order valence-electron chi connectivity index (χ4n) is 3.88. The molecule has 0 aliphatic carbocycles. The second-order valence-corrected chi connectivity index (χ2v) is 8.02. The number of methoxy groups -OCH3 is 1. The van der Waals surface area contributed by atoms with E-state index in [9.17, 15) is 19.6 Å². The summed E-state index contributed by atoms with van der Waals surface area (Å²) in [4.78, 5) is 38.5. The van der Waals surface area contributed by atoms with Crippen LogP contribution in [0.25, 0.3) is 0 Å². The van der Waals surface area contributed by atoms with E-state index in [2.05, 4.69) is 0 Å². The minimum absolute atomic E-state index is 0.183. The molecule has 4 rings (SSSR count). The highest BCUT2D eigenvalue weighted by Crippen LogP contribution is 2.39. The summed E-state index contributed by atoms with van der Waals surface area (Å²) in [6, 6.07) is 26.3. The monoisotopic (exact) mass is 501 g/mol. The van der Waals surface area contributed by atoms with E-state index >= 15 is 0 Å². The number of hydrogen-bond acceptors (Lipinski definition) is 9.